The fourth-order valence-corrected chi connectivity index (χ4v) is 3.35. The average molecular weight is 379 g/mol. The van der Waals surface area contributed by atoms with Crippen LogP contribution in [0.2, 0.25) is 10.0 Å². The van der Waals surface area contributed by atoms with E-state index in [0.29, 0.717) is 20.1 Å². The number of hydrogen-bond acceptors (Lipinski definition) is 1. The van der Waals surface area contributed by atoms with Crippen LogP contribution in [0.5, 0.6) is 0 Å². The van der Waals surface area contributed by atoms with Crippen molar-refractivity contribution in [3.8, 4) is 0 Å². The minimum Gasteiger partial charge on any atom is -0.481 e. The molecule has 92 valence electrons. The van der Waals surface area contributed by atoms with E-state index >= 15 is 0 Å². The number of aliphatic carboxylic acids is 1. The van der Waals surface area contributed by atoms with E-state index in [4.69, 9.17) is 51.5 Å². The molecule has 0 saturated heterocycles. The number of carbonyl (C=O) groups is 1. The zero-order chi connectivity index (χ0) is 13.0. The second kappa shape index (κ2) is 4.46. The highest BCUT2D eigenvalue weighted by molar-refractivity contribution is 9.10. The van der Waals surface area contributed by atoms with Gasteiger partial charge in [-0.05, 0) is 33.6 Å². The third kappa shape index (κ3) is 2.28. The normalized spacial score (nSPS) is 25.7. The first-order valence-corrected chi connectivity index (χ1v) is 6.82. The van der Waals surface area contributed by atoms with Crippen LogP contribution in [0, 0.1) is 5.92 Å². The van der Waals surface area contributed by atoms with Crippen molar-refractivity contribution < 1.29 is 9.90 Å². The van der Waals surface area contributed by atoms with Gasteiger partial charge in [0.2, 0.25) is 0 Å². The highest BCUT2D eigenvalue weighted by atomic mass is 79.9. The number of carboxylic acid groups (broad SMARTS) is 1. The van der Waals surface area contributed by atoms with Crippen LogP contribution in [0.25, 0.3) is 0 Å². The van der Waals surface area contributed by atoms with Gasteiger partial charge in [-0.1, -0.05) is 46.4 Å². The van der Waals surface area contributed by atoms with E-state index in [-0.39, 0.29) is 0 Å². The van der Waals surface area contributed by atoms with Crippen molar-refractivity contribution in [3.05, 3.63) is 32.2 Å². The maximum absolute atomic E-state index is 11.0. The van der Waals surface area contributed by atoms with E-state index in [1.165, 1.54) is 0 Å². The highest BCUT2D eigenvalue weighted by Crippen LogP contribution is 2.65. The van der Waals surface area contributed by atoms with Crippen LogP contribution in [0.15, 0.2) is 16.6 Å². The van der Waals surface area contributed by atoms with Gasteiger partial charge in [-0.15, -0.1) is 0 Å². The Hall–Kier alpha value is 0.330. The highest BCUT2D eigenvalue weighted by Gasteiger charge is 2.68. The summed E-state index contributed by atoms with van der Waals surface area (Å²) in [5, 5.41) is 9.76. The molecule has 1 aliphatic rings. The molecule has 1 aromatic carbocycles. The first kappa shape index (κ1) is 13.8. The molecule has 2 rings (SSSR count). The predicted molar refractivity (Wildman–Crippen MR) is 72.5 cm³/mol. The topological polar surface area (TPSA) is 37.3 Å². The number of hydrogen-bond donors (Lipinski definition) is 1. The Bertz CT molecular complexity index is 480. The molecule has 1 N–H and O–H groups in total. The standard InChI is InChI=1S/C10H5BrCl4O2/c11-8-4(12)1-3(2-5(8)13)6-7(9(16)17)10(6,14)15/h1-2,6-7H,(H,16,17). The summed E-state index contributed by atoms with van der Waals surface area (Å²) >= 11 is 27.0. The second-order valence-corrected chi connectivity index (χ2v) is 6.82. The largest absolute Gasteiger partial charge is 0.481 e. The van der Waals surface area contributed by atoms with Gasteiger partial charge >= 0.3 is 5.97 Å². The third-order valence-electron chi connectivity index (χ3n) is 2.68. The van der Waals surface area contributed by atoms with Gasteiger partial charge in [-0.3, -0.25) is 4.79 Å². The summed E-state index contributed by atoms with van der Waals surface area (Å²) in [6, 6.07) is 3.23. The fourth-order valence-electron chi connectivity index (χ4n) is 1.80. The van der Waals surface area contributed by atoms with Gasteiger partial charge in [0, 0.05) is 5.92 Å². The van der Waals surface area contributed by atoms with Crippen LogP contribution in [-0.2, 0) is 4.79 Å². The maximum atomic E-state index is 11.0. The minimum absolute atomic E-state index is 0.396. The molecule has 1 aromatic rings. The van der Waals surface area contributed by atoms with Gasteiger partial charge < -0.3 is 5.11 Å². The fraction of sp³-hybridized carbons (Fsp3) is 0.300. The van der Waals surface area contributed by atoms with Gasteiger partial charge in [-0.25, -0.2) is 0 Å². The Labute approximate surface area is 126 Å². The van der Waals surface area contributed by atoms with Gasteiger partial charge in [0.25, 0.3) is 0 Å². The zero-order valence-electron chi connectivity index (χ0n) is 8.05. The molecule has 0 radical (unpaired) electrons. The second-order valence-electron chi connectivity index (χ2n) is 3.77. The van der Waals surface area contributed by atoms with Crippen LogP contribution >= 0.6 is 62.3 Å². The van der Waals surface area contributed by atoms with Crippen molar-refractivity contribution in [2.45, 2.75) is 10.3 Å². The molecule has 1 saturated carbocycles. The number of rotatable bonds is 2. The van der Waals surface area contributed by atoms with Gasteiger partial charge in [0.05, 0.1) is 20.4 Å². The van der Waals surface area contributed by atoms with Crippen LogP contribution in [0.1, 0.15) is 11.5 Å². The molecular formula is C10H5BrCl4O2. The molecule has 17 heavy (non-hydrogen) atoms. The van der Waals surface area contributed by atoms with E-state index in [0.717, 1.165) is 0 Å². The van der Waals surface area contributed by atoms with Crippen LogP contribution in [0.3, 0.4) is 0 Å². The molecule has 2 unspecified atom stereocenters. The molecule has 7 heteroatoms. The smallest absolute Gasteiger partial charge is 0.310 e. The van der Waals surface area contributed by atoms with Gasteiger partial charge in [0.15, 0.2) is 0 Å². The Morgan fingerprint density at radius 1 is 1.29 bits per heavy atom. The summed E-state index contributed by atoms with van der Waals surface area (Å²) in [7, 11) is 0. The molecule has 1 fully saturated rings. The summed E-state index contributed by atoms with van der Waals surface area (Å²) in [5.74, 6) is -2.36. The molecule has 1 aliphatic carbocycles. The lowest BCUT2D eigenvalue weighted by atomic mass is 10.1. The number of benzene rings is 1. The maximum Gasteiger partial charge on any atom is 0.310 e. The predicted octanol–water partition coefficient (Wildman–Crippen LogP) is 4.73. The molecular weight excluding hydrogens is 374 g/mol. The SMILES string of the molecule is O=C(O)C1C(c2cc(Cl)c(Br)c(Cl)c2)C1(Cl)Cl. The van der Waals surface area contributed by atoms with Crippen molar-refractivity contribution in [3.63, 3.8) is 0 Å². The first-order chi connectivity index (χ1) is 7.76. The molecule has 2 atom stereocenters. The van der Waals surface area contributed by atoms with E-state index < -0.39 is 22.1 Å². The summed E-state index contributed by atoms with van der Waals surface area (Å²) in [6.07, 6.45) is 0. The van der Waals surface area contributed by atoms with E-state index in [2.05, 4.69) is 15.9 Å². The van der Waals surface area contributed by atoms with Crippen molar-refractivity contribution in [2.24, 2.45) is 5.92 Å². The molecule has 0 bridgehead atoms. The summed E-state index contributed by atoms with van der Waals surface area (Å²) in [5.41, 5.74) is 0.626. The quantitative estimate of drug-likeness (QED) is 0.596. The monoisotopic (exact) mass is 376 g/mol. The van der Waals surface area contributed by atoms with Crippen molar-refractivity contribution in [1.82, 2.24) is 0 Å². The van der Waals surface area contributed by atoms with Crippen LogP contribution in [0.4, 0.5) is 0 Å². The first-order valence-electron chi connectivity index (χ1n) is 4.52. The molecule has 0 heterocycles. The molecule has 0 amide bonds. The lowest BCUT2D eigenvalue weighted by Gasteiger charge is -2.05. The number of carboxylic acids is 1. The summed E-state index contributed by atoms with van der Waals surface area (Å²) in [6.45, 7) is 0. The Balaban J connectivity index is 2.41. The Morgan fingerprint density at radius 2 is 1.76 bits per heavy atom. The van der Waals surface area contributed by atoms with E-state index in [9.17, 15) is 4.79 Å². The number of halogens is 5. The third-order valence-corrected chi connectivity index (χ3v) is 5.53. The van der Waals surface area contributed by atoms with Gasteiger partial charge in [-0.2, -0.15) is 0 Å². The molecule has 0 aliphatic heterocycles. The lowest BCUT2D eigenvalue weighted by molar-refractivity contribution is -0.138. The summed E-state index contributed by atoms with van der Waals surface area (Å²) in [4.78, 5) is 11.0. The summed E-state index contributed by atoms with van der Waals surface area (Å²) < 4.78 is -0.737. The average Bonchev–Trinajstić information content (AvgIpc) is 2.77. The molecule has 2 nitrogen and oxygen atoms in total. The van der Waals surface area contributed by atoms with Crippen LogP contribution < -0.4 is 0 Å². The Kier molecular flexibility index (Phi) is 3.61. The molecule has 0 aromatic heterocycles. The van der Waals surface area contributed by atoms with Crippen molar-refractivity contribution in [1.29, 1.82) is 0 Å². The minimum atomic E-state index is -1.30. The Morgan fingerprint density at radius 3 is 2.12 bits per heavy atom. The van der Waals surface area contributed by atoms with Gasteiger partial charge in [0.1, 0.15) is 4.33 Å². The molecule has 0 spiro atoms. The lowest BCUT2D eigenvalue weighted by Crippen LogP contribution is -2.03. The van der Waals surface area contributed by atoms with Crippen molar-refractivity contribution in [2.75, 3.05) is 0 Å². The van der Waals surface area contributed by atoms with E-state index in [1.807, 2.05) is 0 Å². The zero-order valence-corrected chi connectivity index (χ0v) is 12.7. The van der Waals surface area contributed by atoms with E-state index in [1.54, 1.807) is 12.1 Å². The van der Waals surface area contributed by atoms with Crippen LogP contribution in [-0.4, -0.2) is 15.4 Å². The van der Waals surface area contributed by atoms with Crippen molar-refractivity contribution >= 4 is 68.3 Å². The number of alkyl halides is 2.